The van der Waals surface area contributed by atoms with E-state index >= 15 is 0 Å². The quantitative estimate of drug-likeness (QED) is 0.651. The van der Waals surface area contributed by atoms with E-state index in [-0.39, 0.29) is 11.6 Å². The summed E-state index contributed by atoms with van der Waals surface area (Å²) >= 11 is 18.4. The highest BCUT2D eigenvalue weighted by molar-refractivity contribution is 6.35. The van der Waals surface area contributed by atoms with Gasteiger partial charge in [0.15, 0.2) is 5.69 Å². The largest absolute Gasteiger partial charge is 0.317 e. The van der Waals surface area contributed by atoms with Crippen LogP contribution in [0.1, 0.15) is 33.1 Å². The number of aromatic nitrogens is 4. The molecule has 3 rings (SSSR count). The van der Waals surface area contributed by atoms with Gasteiger partial charge in [0.05, 0.1) is 34.3 Å². The molecule has 0 unspecified atom stereocenters. The molecule has 0 spiro atoms. The number of carbonyl (C=O) groups is 1. The minimum Gasteiger partial charge on any atom is -0.317 e. The van der Waals surface area contributed by atoms with Crippen molar-refractivity contribution in [2.45, 2.75) is 27.3 Å². The molecule has 0 bridgehead atoms. The number of hydrogen-bond acceptors (Lipinski definition) is 3. The molecule has 2 heterocycles. The zero-order valence-corrected chi connectivity index (χ0v) is 17.5. The summed E-state index contributed by atoms with van der Waals surface area (Å²) in [7, 11) is 1.74. The van der Waals surface area contributed by atoms with Gasteiger partial charge in [-0.1, -0.05) is 40.9 Å². The van der Waals surface area contributed by atoms with Crippen LogP contribution in [0.2, 0.25) is 15.1 Å². The monoisotopic (exact) mass is 425 g/mol. The fourth-order valence-electron chi connectivity index (χ4n) is 2.74. The lowest BCUT2D eigenvalue weighted by Crippen LogP contribution is -2.15. The summed E-state index contributed by atoms with van der Waals surface area (Å²) in [5.41, 5.74) is 3.91. The Labute approximate surface area is 172 Å². The van der Waals surface area contributed by atoms with Crippen LogP contribution in [-0.2, 0) is 13.6 Å². The van der Waals surface area contributed by atoms with Crippen molar-refractivity contribution in [3.63, 3.8) is 0 Å². The lowest BCUT2D eigenvalue weighted by Gasteiger charge is -2.08. The fourth-order valence-corrected chi connectivity index (χ4v) is 3.46. The molecule has 0 aliphatic carbocycles. The van der Waals surface area contributed by atoms with Gasteiger partial charge in [0.2, 0.25) is 0 Å². The summed E-state index contributed by atoms with van der Waals surface area (Å²) in [4.78, 5) is 12.6. The van der Waals surface area contributed by atoms with Gasteiger partial charge in [-0.25, -0.2) is 0 Å². The number of carbonyl (C=O) groups excluding carboxylic acids is 1. The van der Waals surface area contributed by atoms with Gasteiger partial charge >= 0.3 is 0 Å². The van der Waals surface area contributed by atoms with Crippen LogP contribution in [0.15, 0.2) is 18.2 Å². The molecule has 142 valence electrons. The average molecular weight is 427 g/mol. The van der Waals surface area contributed by atoms with Crippen LogP contribution in [0.3, 0.4) is 0 Å². The number of hydrogen-bond donors (Lipinski definition) is 1. The second-order valence-corrected chi connectivity index (χ2v) is 7.49. The van der Waals surface area contributed by atoms with E-state index in [0.717, 1.165) is 17.0 Å². The first-order chi connectivity index (χ1) is 12.7. The summed E-state index contributed by atoms with van der Waals surface area (Å²) in [6.45, 7) is 5.97. The van der Waals surface area contributed by atoms with Crippen LogP contribution in [0.25, 0.3) is 0 Å². The van der Waals surface area contributed by atoms with Crippen molar-refractivity contribution in [2.24, 2.45) is 7.05 Å². The molecule has 0 fully saturated rings. The number of nitrogens with one attached hydrogen (secondary N) is 1. The maximum atomic E-state index is 12.6. The summed E-state index contributed by atoms with van der Waals surface area (Å²) < 4.78 is 3.36. The second kappa shape index (κ2) is 7.54. The van der Waals surface area contributed by atoms with Gasteiger partial charge < -0.3 is 5.32 Å². The highest BCUT2D eigenvalue weighted by Crippen LogP contribution is 2.26. The third-order valence-corrected chi connectivity index (χ3v) is 5.47. The van der Waals surface area contributed by atoms with Crippen molar-refractivity contribution in [3.05, 3.63) is 61.6 Å². The first-order valence-corrected chi connectivity index (χ1v) is 9.30. The maximum Gasteiger partial charge on any atom is 0.277 e. The molecule has 1 amide bonds. The van der Waals surface area contributed by atoms with Crippen LogP contribution in [0, 0.1) is 20.8 Å². The van der Waals surface area contributed by atoms with Gasteiger partial charge in [-0.2, -0.15) is 10.2 Å². The Morgan fingerprint density at radius 2 is 1.81 bits per heavy atom. The van der Waals surface area contributed by atoms with Crippen molar-refractivity contribution in [1.82, 2.24) is 19.6 Å². The molecule has 0 saturated heterocycles. The molecular weight excluding hydrogens is 409 g/mol. The molecule has 27 heavy (non-hydrogen) atoms. The molecule has 1 N–H and O–H groups in total. The van der Waals surface area contributed by atoms with E-state index in [0.29, 0.717) is 33.0 Å². The minimum atomic E-state index is -0.376. The number of rotatable bonds is 4. The summed E-state index contributed by atoms with van der Waals surface area (Å²) in [6.07, 6.45) is 0. The van der Waals surface area contributed by atoms with E-state index < -0.39 is 0 Å². The Bertz CT molecular complexity index is 1040. The Hall–Kier alpha value is -2.02. The van der Waals surface area contributed by atoms with Crippen LogP contribution in [0.5, 0.6) is 0 Å². The zero-order valence-electron chi connectivity index (χ0n) is 15.3. The van der Waals surface area contributed by atoms with E-state index in [9.17, 15) is 4.79 Å². The molecular formula is C18H18Cl3N5O. The van der Waals surface area contributed by atoms with Gasteiger partial charge in [0.1, 0.15) is 0 Å². The molecule has 6 nitrogen and oxygen atoms in total. The zero-order chi connectivity index (χ0) is 19.9. The highest BCUT2D eigenvalue weighted by Gasteiger charge is 2.21. The number of amides is 1. The van der Waals surface area contributed by atoms with E-state index in [4.69, 9.17) is 34.8 Å². The molecule has 3 aromatic rings. The fraction of sp³-hybridized carbons (Fsp3) is 0.278. The summed E-state index contributed by atoms with van der Waals surface area (Å²) in [5.74, 6) is -0.376. The first-order valence-electron chi connectivity index (χ1n) is 8.17. The van der Waals surface area contributed by atoms with Crippen LogP contribution in [0.4, 0.5) is 5.69 Å². The third-order valence-electron chi connectivity index (χ3n) is 4.43. The molecule has 0 atom stereocenters. The van der Waals surface area contributed by atoms with Crippen molar-refractivity contribution < 1.29 is 4.79 Å². The first kappa shape index (κ1) is 19.7. The van der Waals surface area contributed by atoms with E-state index in [1.165, 1.54) is 0 Å². The molecule has 1 aromatic carbocycles. The number of anilines is 1. The van der Waals surface area contributed by atoms with E-state index in [2.05, 4.69) is 15.5 Å². The van der Waals surface area contributed by atoms with Crippen molar-refractivity contribution in [2.75, 3.05) is 5.32 Å². The Morgan fingerprint density at radius 3 is 2.41 bits per heavy atom. The smallest absolute Gasteiger partial charge is 0.277 e. The Kier molecular flexibility index (Phi) is 5.51. The molecule has 0 saturated carbocycles. The van der Waals surface area contributed by atoms with E-state index in [1.54, 1.807) is 35.5 Å². The Balaban J connectivity index is 1.87. The van der Waals surface area contributed by atoms with Crippen molar-refractivity contribution >= 4 is 46.4 Å². The summed E-state index contributed by atoms with van der Waals surface area (Å²) in [6, 6.07) is 5.33. The lowest BCUT2D eigenvalue weighted by atomic mass is 10.2. The van der Waals surface area contributed by atoms with Gasteiger partial charge in [-0.3, -0.25) is 14.2 Å². The lowest BCUT2D eigenvalue weighted by molar-refractivity contribution is 0.102. The van der Waals surface area contributed by atoms with Gasteiger partial charge in [-0.15, -0.1) is 0 Å². The minimum absolute atomic E-state index is 0.184. The standard InChI is InChI=1S/C18H18Cl3N5O/c1-9-16(22-18(27)17-15(21)10(2)25(4)24-17)11(3)26(23-9)8-12-5-6-13(19)7-14(12)20/h5-7H,8H2,1-4H3,(H,22,27). The highest BCUT2D eigenvalue weighted by atomic mass is 35.5. The SMILES string of the molecule is Cc1nn(Cc2ccc(Cl)cc2Cl)c(C)c1NC(=O)c1nn(C)c(C)c1Cl. The predicted octanol–water partition coefficient (Wildman–Crippen LogP) is 4.80. The molecule has 0 radical (unpaired) electrons. The van der Waals surface area contributed by atoms with Crippen LogP contribution < -0.4 is 5.32 Å². The number of aryl methyl sites for hydroxylation is 2. The van der Waals surface area contributed by atoms with Crippen molar-refractivity contribution in [3.8, 4) is 0 Å². The predicted molar refractivity (Wildman–Crippen MR) is 108 cm³/mol. The number of nitrogens with zero attached hydrogens (tertiary/aromatic N) is 4. The molecule has 0 aliphatic rings. The normalized spacial score (nSPS) is 11.1. The van der Waals surface area contributed by atoms with Gasteiger partial charge in [0, 0.05) is 17.1 Å². The molecule has 0 aliphatic heterocycles. The van der Waals surface area contributed by atoms with Gasteiger partial charge in [-0.05, 0) is 38.5 Å². The number of halogens is 3. The van der Waals surface area contributed by atoms with Gasteiger partial charge in [0.25, 0.3) is 5.91 Å². The average Bonchev–Trinajstić information content (AvgIpc) is 3.02. The molecule has 2 aromatic heterocycles. The topological polar surface area (TPSA) is 64.7 Å². The second-order valence-electron chi connectivity index (χ2n) is 6.26. The third kappa shape index (κ3) is 3.83. The van der Waals surface area contributed by atoms with Crippen molar-refractivity contribution in [1.29, 1.82) is 0 Å². The maximum absolute atomic E-state index is 12.6. The Morgan fingerprint density at radius 1 is 1.11 bits per heavy atom. The summed E-state index contributed by atoms with van der Waals surface area (Å²) in [5, 5.41) is 13.0. The number of benzene rings is 1. The van der Waals surface area contributed by atoms with Crippen LogP contribution >= 0.6 is 34.8 Å². The van der Waals surface area contributed by atoms with E-state index in [1.807, 2.05) is 19.9 Å². The molecule has 9 heteroatoms. The van der Waals surface area contributed by atoms with Crippen LogP contribution in [-0.4, -0.2) is 25.5 Å².